The zero-order valence-electron chi connectivity index (χ0n) is 11.4. The first-order valence-corrected chi connectivity index (χ1v) is 7.99. The van der Waals surface area contributed by atoms with E-state index in [-0.39, 0.29) is 18.4 Å². The van der Waals surface area contributed by atoms with E-state index in [2.05, 4.69) is 17.2 Å². The van der Waals surface area contributed by atoms with Crippen LogP contribution in [-0.2, 0) is 11.3 Å². The van der Waals surface area contributed by atoms with Gasteiger partial charge in [-0.05, 0) is 29.9 Å². The van der Waals surface area contributed by atoms with Gasteiger partial charge < -0.3 is 10.4 Å². The van der Waals surface area contributed by atoms with Crippen molar-refractivity contribution < 1.29 is 9.90 Å². The molecule has 20 heavy (non-hydrogen) atoms. The number of aliphatic hydroxyl groups is 1. The van der Waals surface area contributed by atoms with E-state index in [4.69, 9.17) is 5.11 Å². The van der Waals surface area contributed by atoms with Gasteiger partial charge in [0.05, 0.1) is 6.61 Å². The highest BCUT2D eigenvalue weighted by molar-refractivity contribution is 7.99. The van der Waals surface area contributed by atoms with E-state index in [0.717, 1.165) is 29.1 Å². The third kappa shape index (κ3) is 4.59. The minimum Gasteiger partial charge on any atom is -0.395 e. The monoisotopic (exact) mass is 289 g/mol. The van der Waals surface area contributed by atoms with Crippen molar-refractivity contribution in [3.8, 4) is 11.8 Å². The van der Waals surface area contributed by atoms with Crippen LogP contribution >= 0.6 is 11.8 Å². The van der Waals surface area contributed by atoms with Crippen molar-refractivity contribution in [2.24, 2.45) is 5.92 Å². The highest BCUT2D eigenvalue weighted by Crippen LogP contribution is 2.23. The summed E-state index contributed by atoms with van der Waals surface area (Å²) < 4.78 is 0. The topological polar surface area (TPSA) is 49.3 Å². The summed E-state index contributed by atoms with van der Waals surface area (Å²) in [5, 5.41) is 11.7. The maximum absolute atomic E-state index is 11.9. The quantitative estimate of drug-likeness (QED) is 0.831. The van der Waals surface area contributed by atoms with Gasteiger partial charge in [-0.3, -0.25) is 4.79 Å². The van der Waals surface area contributed by atoms with Crippen molar-refractivity contribution >= 4 is 17.7 Å². The minimum absolute atomic E-state index is 0.0855. The second kappa shape index (κ2) is 7.98. The number of nitrogens with one attached hydrogen (secondary N) is 1. The first kappa shape index (κ1) is 15.0. The van der Waals surface area contributed by atoms with Crippen LogP contribution in [0.4, 0.5) is 0 Å². The molecule has 1 heterocycles. The number of hydrogen-bond donors (Lipinski definition) is 2. The molecule has 1 unspecified atom stereocenters. The Morgan fingerprint density at radius 3 is 3.15 bits per heavy atom. The summed E-state index contributed by atoms with van der Waals surface area (Å²) >= 11 is 1.85. The van der Waals surface area contributed by atoms with E-state index >= 15 is 0 Å². The third-order valence-electron chi connectivity index (χ3n) is 3.16. The van der Waals surface area contributed by atoms with Gasteiger partial charge in [-0.1, -0.05) is 24.0 Å². The number of hydrogen-bond acceptors (Lipinski definition) is 3. The maximum Gasteiger partial charge on any atom is 0.224 e. The van der Waals surface area contributed by atoms with Gasteiger partial charge in [0, 0.05) is 30.2 Å². The van der Waals surface area contributed by atoms with E-state index in [9.17, 15) is 4.79 Å². The fourth-order valence-corrected chi connectivity index (χ4v) is 3.27. The van der Waals surface area contributed by atoms with Crippen LogP contribution in [0.15, 0.2) is 24.3 Å². The number of benzene rings is 1. The van der Waals surface area contributed by atoms with Gasteiger partial charge in [0.25, 0.3) is 0 Å². The Bertz CT molecular complexity index is 513. The zero-order chi connectivity index (χ0) is 14.2. The molecule has 0 saturated carbocycles. The number of rotatable bonds is 4. The number of thioether (sulfide) groups is 1. The molecular weight excluding hydrogens is 270 g/mol. The Kier molecular flexibility index (Phi) is 5.97. The summed E-state index contributed by atoms with van der Waals surface area (Å²) in [6.45, 7) is 0.637. The Morgan fingerprint density at radius 1 is 1.50 bits per heavy atom. The van der Waals surface area contributed by atoms with Crippen LogP contribution < -0.4 is 5.32 Å². The van der Waals surface area contributed by atoms with E-state index in [0.29, 0.717) is 13.0 Å². The van der Waals surface area contributed by atoms with Crippen molar-refractivity contribution in [2.75, 3.05) is 18.1 Å². The average Bonchev–Trinajstić information content (AvgIpc) is 3.00. The summed E-state index contributed by atoms with van der Waals surface area (Å²) in [5.74, 6) is 8.27. The Hall–Kier alpha value is -1.44. The number of carbonyl (C=O) groups excluding carboxylic acids is 1. The van der Waals surface area contributed by atoms with Gasteiger partial charge in [-0.15, -0.1) is 0 Å². The predicted molar refractivity (Wildman–Crippen MR) is 82.3 cm³/mol. The molecule has 3 nitrogen and oxygen atoms in total. The molecule has 4 heteroatoms. The first-order valence-electron chi connectivity index (χ1n) is 6.83. The second-order valence-corrected chi connectivity index (χ2v) is 5.90. The molecular formula is C16H19NO2S. The molecule has 0 radical (unpaired) electrons. The summed E-state index contributed by atoms with van der Waals surface area (Å²) in [4.78, 5) is 11.9. The summed E-state index contributed by atoms with van der Waals surface area (Å²) in [6, 6.07) is 7.84. The van der Waals surface area contributed by atoms with Crippen LogP contribution in [0, 0.1) is 17.8 Å². The summed E-state index contributed by atoms with van der Waals surface area (Å²) in [7, 11) is 0. The van der Waals surface area contributed by atoms with E-state index in [1.54, 1.807) is 0 Å². The predicted octanol–water partition coefficient (Wildman–Crippen LogP) is 1.79. The highest BCUT2D eigenvalue weighted by Gasteiger charge is 2.22. The standard InChI is InChI=1S/C16H19NO2S/c18-8-2-1-4-13-5-3-6-14(10-13)11-17-16(19)15-7-9-20-12-15/h3,5-6,10,15,18H,2,7-9,11-12H2,(H,17,19). The van der Waals surface area contributed by atoms with Crippen LogP contribution in [0.2, 0.25) is 0 Å². The van der Waals surface area contributed by atoms with Crippen LogP contribution in [0.5, 0.6) is 0 Å². The van der Waals surface area contributed by atoms with Gasteiger partial charge in [0.1, 0.15) is 0 Å². The van der Waals surface area contributed by atoms with Gasteiger partial charge >= 0.3 is 0 Å². The average molecular weight is 289 g/mol. The lowest BCUT2D eigenvalue weighted by atomic mass is 10.1. The zero-order valence-corrected chi connectivity index (χ0v) is 12.2. The minimum atomic E-state index is 0.0855. The Morgan fingerprint density at radius 2 is 2.40 bits per heavy atom. The summed E-state index contributed by atoms with van der Waals surface area (Å²) in [5.41, 5.74) is 1.97. The first-order chi connectivity index (χ1) is 9.79. The highest BCUT2D eigenvalue weighted by atomic mass is 32.2. The van der Waals surface area contributed by atoms with Crippen LogP contribution in [0.25, 0.3) is 0 Å². The molecule has 0 aromatic heterocycles. The molecule has 0 bridgehead atoms. The van der Waals surface area contributed by atoms with Crippen molar-refractivity contribution in [1.29, 1.82) is 0 Å². The molecule has 1 aliphatic rings. The molecule has 1 fully saturated rings. The fourth-order valence-electron chi connectivity index (χ4n) is 2.05. The lowest BCUT2D eigenvalue weighted by Gasteiger charge is -2.10. The molecule has 0 aliphatic carbocycles. The Labute approximate surface area is 124 Å². The van der Waals surface area contributed by atoms with Crippen molar-refractivity contribution in [3.05, 3.63) is 35.4 Å². The number of amides is 1. The molecule has 2 rings (SSSR count). The van der Waals surface area contributed by atoms with Crippen LogP contribution in [-0.4, -0.2) is 29.1 Å². The van der Waals surface area contributed by atoms with Crippen molar-refractivity contribution in [1.82, 2.24) is 5.32 Å². The Balaban J connectivity index is 1.88. The van der Waals surface area contributed by atoms with Gasteiger partial charge in [0.15, 0.2) is 0 Å². The van der Waals surface area contributed by atoms with Crippen LogP contribution in [0.1, 0.15) is 24.0 Å². The molecule has 1 aliphatic heterocycles. The van der Waals surface area contributed by atoms with Crippen molar-refractivity contribution in [2.45, 2.75) is 19.4 Å². The lowest BCUT2D eigenvalue weighted by Crippen LogP contribution is -2.30. The molecule has 106 valence electrons. The normalized spacial score (nSPS) is 17.4. The molecule has 1 aromatic carbocycles. The van der Waals surface area contributed by atoms with Gasteiger partial charge in [-0.25, -0.2) is 0 Å². The number of aliphatic hydroxyl groups excluding tert-OH is 1. The largest absolute Gasteiger partial charge is 0.395 e. The molecule has 2 N–H and O–H groups in total. The molecule has 1 atom stereocenters. The smallest absolute Gasteiger partial charge is 0.224 e. The molecule has 1 aromatic rings. The maximum atomic E-state index is 11.9. The van der Waals surface area contributed by atoms with E-state index < -0.39 is 0 Å². The SMILES string of the molecule is O=C(NCc1cccc(C#CCCO)c1)C1CCSC1. The lowest BCUT2D eigenvalue weighted by molar-refractivity contribution is -0.124. The van der Waals surface area contributed by atoms with E-state index in [1.807, 2.05) is 36.0 Å². The molecule has 0 spiro atoms. The third-order valence-corrected chi connectivity index (χ3v) is 4.33. The number of carbonyl (C=O) groups is 1. The fraction of sp³-hybridized carbons (Fsp3) is 0.438. The van der Waals surface area contributed by atoms with Crippen molar-refractivity contribution in [3.63, 3.8) is 0 Å². The second-order valence-electron chi connectivity index (χ2n) is 4.75. The van der Waals surface area contributed by atoms with Gasteiger partial charge in [0.2, 0.25) is 5.91 Å². The molecule has 1 saturated heterocycles. The van der Waals surface area contributed by atoms with Gasteiger partial charge in [-0.2, -0.15) is 11.8 Å². The van der Waals surface area contributed by atoms with E-state index in [1.165, 1.54) is 0 Å². The summed E-state index contributed by atoms with van der Waals surface area (Å²) in [6.07, 6.45) is 1.48. The van der Waals surface area contributed by atoms with Crippen LogP contribution in [0.3, 0.4) is 0 Å². The molecule has 1 amide bonds.